The second kappa shape index (κ2) is 5.41. The number of rotatable bonds is 3. The van der Waals surface area contributed by atoms with Gasteiger partial charge < -0.3 is 10.2 Å². The Kier molecular flexibility index (Phi) is 4.44. The zero-order valence-electron chi connectivity index (χ0n) is 9.42. The molecule has 0 aliphatic rings. The van der Waals surface area contributed by atoms with Crippen LogP contribution in [0.15, 0.2) is 18.2 Å². The van der Waals surface area contributed by atoms with Gasteiger partial charge in [0.1, 0.15) is 6.04 Å². The summed E-state index contributed by atoms with van der Waals surface area (Å²) in [5.41, 5.74) is 0.703. The van der Waals surface area contributed by atoms with Gasteiger partial charge in [-0.25, -0.2) is 0 Å². The number of amides is 1. The number of hydrogen-bond donors (Lipinski definition) is 1. The lowest BCUT2D eigenvalue weighted by atomic mass is 10.2. The molecule has 0 aliphatic carbocycles. The molecule has 1 rings (SSSR count). The molecule has 0 saturated heterocycles. The summed E-state index contributed by atoms with van der Waals surface area (Å²) in [6.45, 7) is 1.78. The number of nitrogens with zero attached hydrogens (tertiary/aromatic N) is 1. The average Bonchev–Trinajstić information content (AvgIpc) is 2.20. The molecule has 1 N–H and O–H groups in total. The van der Waals surface area contributed by atoms with Gasteiger partial charge in [-0.05, 0) is 25.1 Å². The number of anilines is 1. The summed E-state index contributed by atoms with van der Waals surface area (Å²) in [5.74, 6) is -0.00832. The van der Waals surface area contributed by atoms with Crippen molar-refractivity contribution in [2.24, 2.45) is 0 Å². The summed E-state index contributed by atoms with van der Waals surface area (Å²) >= 11 is 11.8. The largest absolute Gasteiger partial charge is 0.373 e. The van der Waals surface area contributed by atoms with Crippen LogP contribution >= 0.6 is 23.2 Å². The van der Waals surface area contributed by atoms with Crippen LogP contribution in [0.2, 0.25) is 10.0 Å². The zero-order valence-corrected chi connectivity index (χ0v) is 10.9. The van der Waals surface area contributed by atoms with Gasteiger partial charge in [0.25, 0.3) is 0 Å². The second-order valence-electron chi connectivity index (χ2n) is 3.72. The van der Waals surface area contributed by atoms with Crippen molar-refractivity contribution in [1.82, 2.24) is 4.90 Å². The van der Waals surface area contributed by atoms with Crippen molar-refractivity contribution in [3.63, 3.8) is 0 Å². The van der Waals surface area contributed by atoms with Crippen LogP contribution in [-0.4, -0.2) is 30.9 Å². The molecule has 0 bridgehead atoms. The minimum atomic E-state index is -0.325. The van der Waals surface area contributed by atoms with E-state index in [9.17, 15) is 4.79 Å². The van der Waals surface area contributed by atoms with Gasteiger partial charge in [-0.1, -0.05) is 23.2 Å². The van der Waals surface area contributed by atoms with Gasteiger partial charge >= 0.3 is 0 Å². The first-order valence-electron chi connectivity index (χ1n) is 4.84. The van der Waals surface area contributed by atoms with E-state index in [1.807, 2.05) is 0 Å². The van der Waals surface area contributed by atoms with Crippen LogP contribution in [0.1, 0.15) is 6.92 Å². The van der Waals surface area contributed by atoms with Gasteiger partial charge in [0.2, 0.25) is 5.91 Å². The summed E-state index contributed by atoms with van der Waals surface area (Å²) in [6, 6.07) is 4.79. The van der Waals surface area contributed by atoms with Crippen LogP contribution in [0.5, 0.6) is 0 Å². The first kappa shape index (κ1) is 13.1. The molecule has 0 spiro atoms. The summed E-state index contributed by atoms with van der Waals surface area (Å²) in [6.07, 6.45) is 0. The number of halogens is 2. The molecule has 0 saturated carbocycles. The SMILES string of the molecule is CC(Nc1ccc(Cl)cc1Cl)C(=O)N(C)C. The summed E-state index contributed by atoms with van der Waals surface area (Å²) in [4.78, 5) is 13.1. The minimum Gasteiger partial charge on any atom is -0.373 e. The molecule has 3 nitrogen and oxygen atoms in total. The maximum Gasteiger partial charge on any atom is 0.244 e. The third kappa shape index (κ3) is 3.29. The van der Waals surface area contributed by atoms with Crippen molar-refractivity contribution in [2.45, 2.75) is 13.0 Å². The third-order valence-electron chi connectivity index (χ3n) is 2.11. The number of carbonyl (C=O) groups excluding carboxylic acids is 1. The lowest BCUT2D eigenvalue weighted by molar-refractivity contribution is -0.129. The van der Waals surface area contributed by atoms with Crippen LogP contribution in [0.3, 0.4) is 0 Å². The monoisotopic (exact) mass is 260 g/mol. The van der Waals surface area contributed by atoms with E-state index < -0.39 is 0 Å². The molecule has 1 unspecified atom stereocenters. The molecular weight excluding hydrogens is 247 g/mol. The predicted molar refractivity (Wildman–Crippen MR) is 68.2 cm³/mol. The molecular formula is C11H14Cl2N2O. The Morgan fingerprint density at radius 1 is 1.38 bits per heavy atom. The van der Waals surface area contributed by atoms with E-state index in [1.165, 1.54) is 4.90 Å². The van der Waals surface area contributed by atoms with Gasteiger partial charge in [-0.2, -0.15) is 0 Å². The molecule has 0 aliphatic heterocycles. The van der Waals surface area contributed by atoms with Crippen LogP contribution in [-0.2, 0) is 4.79 Å². The fraction of sp³-hybridized carbons (Fsp3) is 0.364. The Morgan fingerprint density at radius 3 is 2.50 bits per heavy atom. The second-order valence-corrected chi connectivity index (χ2v) is 4.57. The van der Waals surface area contributed by atoms with Gasteiger partial charge in [-0.15, -0.1) is 0 Å². The van der Waals surface area contributed by atoms with Crippen molar-refractivity contribution in [3.05, 3.63) is 28.2 Å². The topological polar surface area (TPSA) is 32.3 Å². The van der Waals surface area contributed by atoms with E-state index in [0.717, 1.165) is 0 Å². The minimum absolute atomic E-state index is 0.00832. The molecule has 1 aromatic rings. The highest BCUT2D eigenvalue weighted by Crippen LogP contribution is 2.25. The van der Waals surface area contributed by atoms with Crippen molar-refractivity contribution in [2.75, 3.05) is 19.4 Å². The number of hydrogen-bond acceptors (Lipinski definition) is 2. The first-order valence-corrected chi connectivity index (χ1v) is 5.60. The lowest BCUT2D eigenvalue weighted by Crippen LogP contribution is -2.36. The smallest absolute Gasteiger partial charge is 0.244 e. The Hall–Kier alpha value is -0.930. The number of benzene rings is 1. The van der Waals surface area contributed by atoms with Crippen molar-refractivity contribution < 1.29 is 4.79 Å². The highest BCUT2D eigenvalue weighted by atomic mass is 35.5. The number of nitrogens with one attached hydrogen (secondary N) is 1. The van der Waals surface area contributed by atoms with Gasteiger partial charge in [0, 0.05) is 19.1 Å². The van der Waals surface area contributed by atoms with Crippen LogP contribution in [0.25, 0.3) is 0 Å². The Labute approximate surface area is 105 Å². The summed E-state index contributed by atoms with van der Waals surface area (Å²) in [5, 5.41) is 4.11. The van der Waals surface area contributed by atoms with E-state index in [4.69, 9.17) is 23.2 Å². The quantitative estimate of drug-likeness (QED) is 0.907. The molecule has 0 aromatic heterocycles. The highest BCUT2D eigenvalue weighted by molar-refractivity contribution is 6.36. The number of carbonyl (C=O) groups is 1. The van der Waals surface area contributed by atoms with Crippen LogP contribution in [0.4, 0.5) is 5.69 Å². The lowest BCUT2D eigenvalue weighted by Gasteiger charge is -2.19. The fourth-order valence-corrected chi connectivity index (χ4v) is 1.75. The van der Waals surface area contributed by atoms with Crippen LogP contribution < -0.4 is 5.32 Å². The molecule has 0 fully saturated rings. The average molecular weight is 261 g/mol. The van der Waals surface area contributed by atoms with Gasteiger partial charge in [0.05, 0.1) is 10.7 Å². The normalized spacial score (nSPS) is 12.1. The molecule has 88 valence electrons. The van der Waals surface area contributed by atoms with Gasteiger partial charge in [0.15, 0.2) is 0 Å². The Bertz CT molecular complexity index is 394. The molecule has 16 heavy (non-hydrogen) atoms. The van der Waals surface area contributed by atoms with E-state index in [0.29, 0.717) is 15.7 Å². The fourth-order valence-electron chi connectivity index (χ4n) is 1.29. The van der Waals surface area contributed by atoms with Crippen molar-refractivity contribution in [1.29, 1.82) is 0 Å². The molecule has 1 aromatic carbocycles. The molecule has 1 atom stereocenters. The predicted octanol–water partition coefficient (Wildman–Crippen LogP) is 2.88. The standard InChI is InChI=1S/C11H14Cl2N2O/c1-7(11(16)15(2)3)14-10-5-4-8(12)6-9(10)13/h4-7,14H,1-3H3. The number of likely N-dealkylation sites (N-methyl/N-ethyl adjacent to an activating group) is 1. The Morgan fingerprint density at radius 2 is 2.00 bits per heavy atom. The van der Waals surface area contributed by atoms with Gasteiger partial charge in [-0.3, -0.25) is 4.79 Å². The Balaban J connectivity index is 2.77. The molecule has 1 amide bonds. The zero-order chi connectivity index (χ0) is 12.3. The maximum atomic E-state index is 11.6. The van der Waals surface area contributed by atoms with E-state index in [-0.39, 0.29) is 11.9 Å². The van der Waals surface area contributed by atoms with E-state index in [2.05, 4.69) is 5.32 Å². The van der Waals surface area contributed by atoms with Crippen molar-refractivity contribution in [3.8, 4) is 0 Å². The maximum absolute atomic E-state index is 11.6. The summed E-state index contributed by atoms with van der Waals surface area (Å²) in [7, 11) is 3.42. The van der Waals surface area contributed by atoms with Crippen molar-refractivity contribution >= 4 is 34.8 Å². The van der Waals surface area contributed by atoms with E-state index in [1.54, 1.807) is 39.2 Å². The summed E-state index contributed by atoms with van der Waals surface area (Å²) < 4.78 is 0. The van der Waals surface area contributed by atoms with E-state index >= 15 is 0 Å². The molecule has 5 heteroatoms. The highest BCUT2D eigenvalue weighted by Gasteiger charge is 2.15. The molecule has 0 heterocycles. The first-order chi connectivity index (χ1) is 7.41. The molecule has 0 radical (unpaired) electrons. The van der Waals surface area contributed by atoms with Crippen LogP contribution in [0, 0.1) is 0 Å². The third-order valence-corrected chi connectivity index (χ3v) is 2.66.